The van der Waals surface area contributed by atoms with Crippen molar-refractivity contribution in [3.8, 4) is 0 Å². The summed E-state index contributed by atoms with van der Waals surface area (Å²) in [5, 5.41) is 0.921. The SMILES string of the molecule is CSCC(N)[C@@]1(Cc2nccc3oc(CCC4CC4)cc23)OC(C)(C)OC1=O. The molecular formula is C21H28N2O4S. The molecule has 1 saturated heterocycles. The minimum absolute atomic E-state index is 0.260. The first-order chi connectivity index (χ1) is 13.3. The van der Waals surface area contributed by atoms with Gasteiger partial charge in [0.15, 0.2) is 5.60 Å². The van der Waals surface area contributed by atoms with E-state index in [1.165, 1.54) is 12.8 Å². The lowest BCUT2D eigenvalue weighted by atomic mass is 9.89. The number of carbonyl (C=O) groups is 1. The lowest BCUT2D eigenvalue weighted by Gasteiger charge is -2.31. The fourth-order valence-electron chi connectivity index (χ4n) is 3.93. The van der Waals surface area contributed by atoms with Gasteiger partial charge in [0.25, 0.3) is 0 Å². The number of carbonyl (C=O) groups excluding carboxylic acids is 1. The Bertz CT molecular complexity index is 876. The van der Waals surface area contributed by atoms with Gasteiger partial charge in [0.1, 0.15) is 11.3 Å². The van der Waals surface area contributed by atoms with Gasteiger partial charge < -0.3 is 19.6 Å². The van der Waals surface area contributed by atoms with Gasteiger partial charge in [-0.3, -0.25) is 4.98 Å². The number of rotatable bonds is 8. The van der Waals surface area contributed by atoms with E-state index >= 15 is 0 Å². The standard InChI is InChI=1S/C21H28N2O4S/c1-20(2)26-19(24)21(27-20,18(22)12-28-3)11-16-15-10-14(7-6-13-4-5-13)25-17(15)8-9-23-16/h8-10,13,18H,4-7,11-12,22H2,1-3H3/t18?,21-/m1/s1. The number of esters is 1. The van der Waals surface area contributed by atoms with Crippen LogP contribution in [0.2, 0.25) is 0 Å². The number of ether oxygens (including phenoxy) is 2. The van der Waals surface area contributed by atoms with Gasteiger partial charge in [-0.2, -0.15) is 11.8 Å². The molecule has 1 unspecified atom stereocenters. The van der Waals surface area contributed by atoms with Crippen molar-refractivity contribution in [1.29, 1.82) is 0 Å². The Balaban J connectivity index is 1.66. The van der Waals surface area contributed by atoms with Gasteiger partial charge in [0, 0.05) is 44.0 Å². The first-order valence-corrected chi connectivity index (χ1v) is 11.3. The Morgan fingerprint density at radius 1 is 1.39 bits per heavy atom. The Morgan fingerprint density at radius 2 is 2.18 bits per heavy atom. The van der Waals surface area contributed by atoms with Crippen LogP contribution in [0.4, 0.5) is 0 Å². The number of nitrogens with zero attached hydrogens (tertiary/aromatic N) is 1. The molecular weight excluding hydrogens is 376 g/mol. The number of aromatic nitrogens is 1. The zero-order valence-electron chi connectivity index (χ0n) is 16.7. The van der Waals surface area contributed by atoms with Crippen LogP contribution < -0.4 is 5.73 Å². The molecule has 7 heteroatoms. The van der Waals surface area contributed by atoms with E-state index in [4.69, 9.17) is 19.6 Å². The minimum Gasteiger partial charge on any atom is -0.461 e. The maximum Gasteiger partial charge on any atom is 0.343 e. The molecule has 0 aromatic carbocycles. The molecule has 2 fully saturated rings. The normalized spacial score (nSPS) is 25.2. The number of hydrogen-bond acceptors (Lipinski definition) is 7. The largest absolute Gasteiger partial charge is 0.461 e. The monoisotopic (exact) mass is 404 g/mol. The van der Waals surface area contributed by atoms with Crippen molar-refractivity contribution in [3.63, 3.8) is 0 Å². The molecule has 2 aliphatic rings. The second-order valence-electron chi connectivity index (χ2n) is 8.38. The highest BCUT2D eigenvalue weighted by Gasteiger charge is 2.57. The van der Waals surface area contributed by atoms with Crippen molar-refractivity contribution in [2.75, 3.05) is 12.0 Å². The van der Waals surface area contributed by atoms with E-state index in [9.17, 15) is 4.79 Å². The van der Waals surface area contributed by atoms with E-state index in [-0.39, 0.29) is 6.42 Å². The van der Waals surface area contributed by atoms with Gasteiger partial charge in [0.2, 0.25) is 5.79 Å². The average Bonchev–Trinajstić information content (AvgIpc) is 3.30. The number of pyridine rings is 1. The molecule has 28 heavy (non-hydrogen) atoms. The number of fused-ring (bicyclic) bond motifs is 1. The summed E-state index contributed by atoms with van der Waals surface area (Å²) in [6.45, 7) is 3.47. The summed E-state index contributed by atoms with van der Waals surface area (Å²) < 4.78 is 17.6. The van der Waals surface area contributed by atoms with E-state index in [0.29, 0.717) is 5.75 Å². The molecule has 2 aromatic rings. The van der Waals surface area contributed by atoms with E-state index in [0.717, 1.165) is 41.2 Å². The number of nitrogens with two attached hydrogens (primary N) is 1. The Kier molecular flexibility index (Phi) is 5.18. The molecule has 1 aliphatic carbocycles. The van der Waals surface area contributed by atoms with Crippen molar-refractivity contribution in [2.45, 2.75) is 63.4 Å². The minimum atomic E-state index is -1.25. The fraction of sp³-hybridized carbons (Fsp3) is 0.619. The van der Waals surface area contributed by atoms with Gasteiger partial charge in [-0.1, -0.05) is 12.8 Å². The van der Waals surface area contributed by atoms with Crippen LogP contribution in [0.3, 0.4) is 0 Å². The molecule has 1 aliphatic heterocycles. The van der Waals surface area contributed by atoms with E-state index in [2.05, 4.69) is 11.1 Å². The summed E-state index contributed by atoms with van der Waals surface area (Å²) in [4.78, 5) is 17.4. The summed E-state index contributed by atoms with van der Waals surface area (Å²) in [6.07, 6.45) is 8.69. The summed E-state index contributed by atoms with van der Waals surface area (Å²) >= 11 is 1.58. The number of thioether (sulfide) groups is 1. The lowest BCUT2D eigenvalue weighted by Crippen LogP contribution is -2.56. The molecule has 152 valence electrons. The van der Waals surface area contributed by atoms with Gasteiger partial charge in [-0.05, 0) is 30.7 Å². The summed E-state index contributed by atoms with van der Waals surface area (Å²) in [6, 6.07) is 3.42. The Labute approximate surface area is 169 Å². The topological polar surface area (TPSA) is 87.6 Å². The van der Waals surface area contributed by atoms with Crippen LogP contribution in [0, 0.1) is 5.92 Å². The smallest absolute Gasteiger partial charge is 0.343 e. The van der Waals surface area contributed by atoms with E-state index in [1.54, 1.807) is 31.8 Å². The summed E-state index contributed by atoms with van der Waals surface area (Å²) in [5.41, 5.74) is 6.71. The molecule has 0 spiro atoms. The first kappa shape index (κ1) is 19.7. The van der Waals surface area contributed by atoms with Crippen molar-refractivity contribution < 1.29 is 18.7 Å². The maximum atomic E-state index is 12.9. The molecule has 1 saturated carbocycles. The highest BCUT2D eigenvalue weighted by atomic mass is 32.2. The van der Waals surface area contributed by atoms with Crippen molar-refractivity contribution in [3.05, 3.63) is 29.8 Å². The fourth-order valence-corrected chi connectivity index (χ4v) is 4.56. The highest BCUT2D eigenvalue weighted by molar-refractivity contribution is 7.98. The maximum absolute atomic E-state index is 12.9. The molecule has 0 amide bonds. The summed E-state index contributed by atoms with van der Waals surface area (Å²) in [5.74, 6) is 0.970. The molecule has 2 aromatic heterocycles. The lowest BCUT2D eigenvalue weighted by molar-refractivity contribution is -0.168. The van der Waals surface area contributed by atoms with Gasteiger partial charge in [0.05, 0.1) is 11.7 Å². The predicted molar refractivity (Wildman–Crippen MR) is 109 cm³/mol. The highest BCUT2D eigenvalue weighted by Crippen LogP contribution is 2.39. The van der Waals surface area contributed by atoms with Gasteiger partial charge in [-0.25, -0.2) is 4.79 Å². The number of hydrogen-bond donors (Lipinski definition) is 1. The van der Waals surface area contributed by atoms with Crippen LogP contribution in [0.25, 0.3) is 11.0 Å². The third kappa shape index (κ3) is 3.80. The van der Waals surface area contributed by atoms with Crippen molar-refractivity contribution in [1.82, 2.24) is 4.98 Å². The van der Waals surface area contributed by atoms with Crippen LogP contribution in [-0.2, 0) is 27.1 Å². The van der Waals surface area contributed by atoms with Gasteiger partial charge >= 0.3 is 5.97 Å². The average molecular weight is 405 g/mol. The second-order valence-corrected chi connectivity index (χ2v) is 9.29. The Hall–Kier alpha value is -1.57. The third-order valence-corrected chi connectivity index (χ3v) is 6.25. The van der Waals surface area contributed by atoms with Crippen LogP contribution in [-0.4, -0.2) is 40.4 Å². The van der Waals surface area contributed by atoms with Crippen LogP contribution >= 0.6 is 11.8 Å². The van der Waals surface area contributed by atoms with Crippen LogP contribution in [0.1, 0.15) is 44.6 Å². The first-order valence-electron chi connectivity index (χ1n) is 9.87. The molecule has 3 heterocycles. The van der Waals surface area contributed by atoms with E-state index < -0.39 is 23.4 Å². The third-order valence-electron chi connectivity index (χ3n) is 5.56. The van der Waals surface area contributed by atoms with Crippen molar-refractivity contribution in [2.24, 2.45) is 11.7 Å². The molecule has 0 radical (unpaired) electrons. The summed E-state index contributed by atoms with van der Waals surface area (Å²) in [7, 11) is 0. The van der Waals surface area contributed by atoms with Crippen LogP contribution in [0.15, 0.2) is 22.7 Å². The molecule has 2 N–H and O–H groups in total. The van der Waals surface area contributed by atoms with E-state index in [1.807, 2.05) is 12.3 Å². The molecule has 4 rings (SSSR count). The second kappa shape index (κ2) is 7.35. The molecule has 6 nitrogen and oxygen atoms in total. The van der Waals surface area contributed by atoms with Crippen LogP contribution in [0.5, 0.6) is 0 Å². The predicted octanol–water partition coefficient (Wildman–Crippen LogP) is 3.45. The Morgan fingerprint density at radius 3 is 2.82 bits per heavy atom. The number of aryl methyl sites for hydroxylation is 1. The quantitative estimate of drug-likeness (QED) is 0.674. The zero-order chi connectivity index (χ0) is 19.9. The molecule has 0 bridgehead atoms. The van der Waals surface area contributed by atoms with Crippen molar-refractivity contribution >= 4 is 28.7 Å². The zero-order valence-corrected chi connectivity index (χ0v) is 17.5. The number of cyclic esters (lactones) is 1. The number of furan rings is 1. The van der Waals surface area contributed by atoms with Gasteiger partial charge in [-0.15, -0.1) is 0 Å². The molecule has 2 atom stereocenters.